The van der Waals surface area contributed by atoms with Crippen molar-refractivity contribution in [2.24, 2.45) is 0 Å². The van der Waals surface area contributed by atoms with Gasteiger partial charge in [-0.3, -0.25) is 4.90 Å². The summed E-state index contributed by atoms with van der Waals surface area (Å²) in [6, 6.07) is 0.930. The van der Waals surface area contributed by atoms with E-state index < -0.39 is 0 Å². The Morgan fingerprint density at radius 3 is 2.57 bits per heavy atom. The Morgan fingerprint density at radius 1 is 1.36 bits per heavy atom. The van der Waals surface area contributed by atoms with Crippen molar-refractivity contribution in [3.8, 4) is 0 Å². The number of hydrogen-bond acceptors (Lipinski definition) is 3. The molecule has 0 bridgehead atoms. The van der Waals surface area contributed by atoms with Gasteiger partial charge in [0.05, 0.1) is 6.04 Å². The van der Waals surface area contributed by atoms with Crippen LogP contribution in [0.5, 0.6) is 0 Å². The molecule has 0 aromatic heterocycles. The zero-order valence-corrected chi connectivity index (χ0v) is 9.88. The van der Waals surface area contributed by atoms with Crippen molar-refractivity contribution in [1.82, 2.24) is 15.1 Å². The fourth-order valence-corrected chi connectivity index (χ4v) is 1.85. The van der Waals surface area contributed by atoms with Gasteiger partial charge in [-0.25, -0.2) is 0 Å². The number of piperazine rings is 1. The molecule has 0 aromatic carbocycles. The van der Waals surface area contributed by atoms with E-state index in [0.717, 1.165) is 25.3 Å². The van der Waals surface area contributed by atoms with Gasteiger partial charge in [0.25, 0.3) is 0 Å². The topological polar surface area (TPSA) is 18.5 Å². The lowest BCUT2D eigenvalue weighted by atomic mass is 10.1. The summed E-state index contributed by atoms with van der Waals surface area (Å²) >= 11 is 0. The van der Waals surface area contributed by atoms with Crippen LogP contribution in [0, 0.1) is 0 Å². The molecule has 1 saturated heterocycles. The van der Waals surface area contributed by atoms with Gasteiger partial charge in [0.2, 0.25) is 0 Å². The maximum absolute atomic E-state index is 4.12. The van der Waals surface area contributed by atoms with Gasteiger partial charge in [-0.15, -0.1) is 0 Å². The quantitative estimate of drug-likeness (QED) is 0.720. The standard InChI is InChI=1S/C11H23N3/c1-9(2)12-10(3)11-8-13(4)6-7-14(11)5/h9,11-12H,3,6-8H2,1-2,4-5H3. The molecule has 0 aromatic rings. The van der Waals surface area contributed by atoms with E-state index in [0.29, 0.717) is 12.1 Å². The minimum absolute atomic E-state index is 0.455. The lowest BCUT2D eigenvalue weighted by Gasteiger charge is -2.39. The van der Waals surface area contributed by atoms with Crippen LogP contribution in [0.3, 0.4) is 0 Å². The molecule has 0 aliphatic carbocycles. The summed E-state index contributed by atoms with van der Waals surface area (Å²) in [5, 5.41) is 3.40. The first-order valence-electron chi connectivity index (χ1n) is 5.35. The number of nitrogens with zero attached hydrogens (tertiary/aromatic N) is 2. The van der Waals surface area contributed by atoms with E-state index >= 15 is 0 Å². The fraction of sp³-hybridized carbons (Fsp3) is 0.818. The third kappa shape index (κ3) is 3.00. The van der Waals surface area contributed by atoms with Gasteiger partial charge in [-0.1, -0.05) is 6.58 Å². The number of rotatable bonds is 3. The predicted molar refractivity (Wildman–Crippen MR) is 61.3 cm³/mol. The molecule has 1 atom stereocenters. The molecule has 1 aliphatic heterocycles. The van der Waals surface area contributed by atoms with Crippen LogP contribution in [0.4, 0.5) is 0 Å². The van der Waals surface area contributed by atoms with Crippen molar-refractivity contribution < 1.29 is 0 Å². The SMILES string of the molecule is C=C(NC(C)C)C1CN(C)CCN1C. The summed E-state index contributed by atoms with van der Waals surface area (Å²) in [5.41, 5.74) is 1.15. The second-order valence-corrected chi connectivity index (χ2v) is 4.58. The largest absolute Gasteiger partial charge is 0.385 e. The maximum Gasteiger partial charge on any atom is 0.0615 e. The summed E-state index contributed by atoms with van der Waals surface area (Å²) in [5.74, 6) is 0. The molecule has 1 rings (SSSR count). The second kappa shape index (κ2) is 4.80. The summed E-state index contributed by atoms with van der Waals surface area (Å²) in [7, 11) is 4.34. The molecule has 1 unspecified atom stereocenters. The zero-order valence-electron chi connectivity index (χ0n) is 9.88. The molecule has 1 N–H and O–H groups in total. The van der Waals surface area contributed by atoms with Crippen LogP contribution in [0.2, 0.25) is 0 Å². The molecule has 82 valence electrons. The highest BCUT2D eigenvalue weighted by Gasteiger charge is 2.24. The minimum Gasteiger partial charge on any atom is -0.385 e. The highest BCUT2D eigenvalue weighted by molar-refractivity contribution is 5.06. The second-order valence-electron chi connectivity index (χ2n) is 4.58. The average molecular weight is 197 g/mol. The number of nitrogens with one attached hydrogen (secondary N) is 1. The van der Waals surface area contributed by atoms with Crippen molar-refractivity contribution in [3.05, 3.63) is 12.3 Å². The van der Waals surface area contributed by atoms with Gasteiger partial charge in [-0.2, -0.15) is 0 Å². The average Bonchev–Trinajstić information content (AvgIpc) is 2.08. The summed E-state index contributed by atoms with van der Waals surface area (Å²) < 4.78 is 0. The third-order valence-electron chi connectivity index (χ3n) is 2.73. The Hall–Kier alpha value is -0.540. The lowest BCUT2D eigenvalue weighted by Crippen LogP contribution is -2.53. The lowest BCUT2D eigenvalue weighted by molar-refractivity contribution is 0.130. The minimum atomic E-state index is 0.455. The van der Waals surface area contributed by atoms with Crippen LogP contribution in [-0.4, -0.2) is 55.6 Å². The molecule has 3 nitrogen and oxygen atoms in total. The molecule has 3 heteroatoms. The van der Waals surface area contributed by atoms with Crippen LogP contribution in [0.25, 0.3) is 0 Å². The van der Waals surface area contributed by atoms with Gasteiger partial charge in [0.15, 0.2) is 0 Å². The predicted octanol–water partition coefficient (Wildman–Crippen LogP) is 0.744. The normalized spacial score (nSPS) is 25.4. The molecule has 0 saturated carbocycles. The van der Waals surface area contributed by atoms with Gasteiger partial charge < -0.3 is 10.2 Å². The Balaban J connectivity index is 2.51. The molecule has 0 spiro atoms. The van der Waals surface area contributed by atoms with E-state index in [4.69, 9.17) is 0 Å². The van der Waals surface area contributed by atoms with Gasteiger partial charge in [0, 0.05) is 31.4 Å². The Labute approximate surface area is 87.8 Å². The van der Waals surface area contributed by atoms with Crippen molar-refractivity contribution in [2.45, 2.75) is 25.9 Å². The van der Waals surface area contributed by atoms with E-state index in [1.54, 1.807) is 0 Å². The van der Waals surface area contributed by atoms with E-state index in [2.05, 4.69) is 49.6 Å². The molecular formula is C11H23N3. The molecule has 1 aliphatic rings. The highest BCUT2D eigenvalue weighted by atomic mass is 15.3. The number of hydrogen-bond donors (Lipinski definition) is 1. The van der Waals surface area contributed by atoms with Crippen molar-refractivity contribution in [1.29, 1.82) is 0 Å². The number of likely N-dealkylation sites (N-methyl/N-ethyl adjacent to an activating group) is 2. The molecule has 1 heterocycles. The maximum atomic E-state index is 4.12. The van der Waals surface area contributed by atoms with Crippen LogP contribution in [0.1, 0.15) is 13.8 Å². The van der Waals surface area contributed by atoms with E-state index in [9.17, 15) is 0 Å². The summed E-state index contributed by atoms with van der Waals surface area (Å²) in [6.45, 7) is 11.8. The smallest absolute Gasteiger partial charge is 0.0615 e. The monoisotopic (exact) mass is 197 g/mol. The van der Waals surface area contributed by atoms with Crippen molar-refractivity contribution in [2.75, 3.05) is 33.7 Å². The third-order valence-corrected chi connectivity index (χ3v) is 2.73. The summed E-state index contributed by atoms with van der Waals surface area (Å²) in [4.78, 5) is 4.73. The van der Waals surface area contributed by atoms with Gasteiger partial charge in [-0.05, 0) is 27.9 Å². The zero-order chi connectivity index (χ0) is 10.7. The van der Waals surface area contributed by atoms with Crippen LogP contribution in [0.15, 0.2) is 12.3 Å². The van der Waals surface area contributed by atoms with Crippen LogP contribution in [-0.2, 0) is 0 Å². The molecule has 1 fully saturated rings. The summed E-state index contributed by atoms with van der Waals surface area (Å²) in [6.07, 6.45) is 0. The first-order chi connectivity index (χ1) is 6.50. The van der Waals surface area contributed by atoms with Crippen molar-refractivity contribution in [3.63, 3.8) is 0 Å². The fourth-order valence-electron chi connectivity index (χ4n) is 1.85. The molecule has 0 amide bonds. The van der Waals surface area contributed by atoms with Gasteiger partial charge >= 0.3 is 0 Å². The highest BCUT2D eigenvalue weighted by Crippen LogP contribution is 2.11. The van der Waals surface area contributed by atoms with Gasteiger partial charge in [0.1, 0.15) is 0 Å². The molecule has 14 heavy (non-hydrogen) atoms. The Kier molecular flexibility index (Phi) is 3.96. The van der Waals surface area contributed by atoms with E-state index in [1.807, 2.05) is 0 Å². The molecular weight excluding hydrogens is 174 g/mol. The van der Waals surface area contributed by atoms with Crippen LogP contribution < -0.4 is 5.32 Å². The van der Waals surface area contributed by atoms with Crippen molar-refractivity contribution >= 4 is 0 Å². The van der Waals surface area contributed by atoms with E-state index in [1.165, 1.54) is 0 Å². The Bertz CT molecular complexity index is 201. The molecule has 0 radical (unpaired) electrons. The first-order valence-corrected chi connectivity index (χ1v) is 5.35. The van der Waals surface area contributed by atoms with E-state index in [-0.39, 0.29) is 0 Å². The van der Waals surface area contributed by atoms with Crippen LogP contribution >= 0.6 is 0 Å². The Morgan fingerprint density at radius 2 is 2.00 bits per heavy atom. The first kappa shape index (κ1) is 11.5.